The molecule has 1 N–H and O–H groups in total. The lowest BCUT2D eigenvalue weighted by atomic mass is 9.97. The second-order valence-corrected chi connectivity index (χ2v) is 4.49. The maximum absolute atomic E-state index is 12.4. The molecule has 1 aromatic heterocycles. The first-order valence-corrected chi connectivity index (χ1v) is 6.02. The number of nitrogens with one attached hydrogen (secondary N) is 1. The summed E-state index contributed by atoms with van der Waals surface area (Å²) in [7, 11) is 0. The number of pyridine rings is 1. The molecule has 2 heterocycles. The number of imide groups is 1. The summed E-state index contributed by atoms with van der Waals surface area (Å²) in [6, 6.07) is 6.78. The van der Waals surface area contributed by atoms with E-state index in [0.717, 1.165) is 4.90 Å². The monoisotopic (exact) mass is 258 g/mol. The minimum absolute atomic E-state index is 0.251. The molecule has 6 nitrogen and oxygen atoms in total. The van der Waals surface area contributed by atoms with Crippen LogP contribution in [0.2, 0.25) is 0 Å². The molecule has 19 heavy (non-hydrogen) atoms. The molecule has 98 valence electrons. The number of hydrogen-bond donors (Lipinski definition) is 1. The van der Waals surface area contributed by atoms with Gasteiger partial charge in [0, 0.05) is 19.2 Å². The number of aromatic nitrogens is 1. The second-order valence-electron chi connectivity index (χ2n) is 4.49. The summed E-state index contributed by atoms with van der Waals surface area (Å²) in [5.41, 5.74) is -0.610. The zero-order valence-electron chi connectivity index (χ0n) is 10.6. The van der Waals surface area contributed by atoms with Gasteiger partial charge in [-0.3, -0.25) is 14.7 Å². The number of urea groups is 1. The predicted molar refractivity (Wildman–Crippen MR) is 66.7 cm³/mol. The zero-order chi connectivity index (χ0) is 13.9. The SMILES string of the molecule is CC1(c2ccccn2)NC(=O)N(CCCC#N)C1=O. The Morgan fingerprint density at radius 1 is 1.47 bits per heavy atom. The van der Waals surface area contributed by atoms with Crippen LogP contribution in [0.4, 0.5) is 4.79 Å². The van der Waals surface area contributed by atoms with E-state index >= 15 is 0 Å². The van der Waals surface area contributed by atoms with E-state index in [1.54, 1.807) is 31.3 Å². The van der Waals surface area contributed by atoms with E-state index in [1.165, 1.54) is 0 Å². The van der Waals surface area contributed by atoms with Crippen molar-refractivity contribution in [2.24, 2.45) is 0 Å². The van der Waals surface area contributed by atoms with Crippen LogP contribution in [0.25, 0.3) is 0 Å². The number of nitriles is 1. The van der Waals surface area contributed by atoms with Crippen LogP contribution in [0.1, 0.15) is 25.5 Å². The van der Waals surface area contributed by atoms with E-state index in [4.69, 9.17) is 5.26 Å². The lowest BCUT2D eigenvalue weighted by Crippen LogP contribution is -2.41. The van der Waals surface area contributed by atoms with E-state index in [0.29, 0.717) is 18.5 Å². The Kier molecular flexibility index (Phi) is 3.47. The standard InChI is InChI=1S/C13H14N4O2/c1-13(10-6-2-4-8-15-10)11(18)17(12(19)16-13)9-5-3-7-14/h2,4,6,8H,3,5,9H2,1H3,(H,16,19). The van der Waals surface area contributed by atoms with Crippen molar-refractivity contribution in [1.82, 2.24) is 15.2 Å². The highest BCUT2D eigenvalue weighted by atomic mass is 16.2. The molecule has 0 aliphatic carbocycles. The Hall–Kier alpha value is -2.42. The smallest absolute Gasteiger partial charge is 0.318 e. The molecule has 0 saturated carbocycles. The van der Waals surface area contributed by atoms with Gasteiger partial charge in [0.1, 0.15) is 0 Å². The minimum atomic E-state index is -1.12. The Bertz CT molecular complexity index is 537. The molecule has 1 fully saturated rings. The normalized spacial score (nSPS) is 22.2. The molecule has 1 aliphatic rings. The number of rotatable bonds is 4. The summed E-state index contributed by atoms with van der Waals surface area (Å²) in [4.78, 5) is 29.5. The Morgan fingerprint density at radius 3 is 2.89 bits per heavy atom. The summed E-state index contributed by atoms with van der Waals surface area (Å²) >= 11 is 0. The molecule has 0 spiro atoms. The Balaban J connectivity index is 2.20. The van der Waals surface area contributed by atoms with Crippen LogP contribution in [0.5, 0.6) is 0 Å². The fraction of sp³-hybridized carbons (Fsp3) is 0.385. The van der Waals surface area contributed by atoms with Gasteiger partial charge < -0.3 is 5.32 Å². The van der Waals surface area contributed by atoms with Gasteiger partial charge in [0.05, 0.1) is 11.8 Å². The van der Waals surface area contributed by atoms with Gasteiger partial charge in [0.15, 0.2) is 5.54 Å². The molecule has 0 bridgehead atoms. The lowest BCUT2D eigenvalue weighted by molar-refractivity contribution is -0.131. The number of hydrogen-bond acceptors (Lipinski definition) is 4. The molecule has 0 aromatic carbocycles. The quantitative estimate of drug-likeness (QED) is 0.648. The average Bonchev–Trinajstić information content (AvgIpc) is 2.64. The first-order valence-electron chi connectivity index (χ1n) is 6.02. The maximum Gasteiger partial charge on any atom is 0.325 e. The molecule has 6 heteroatoms. The number of carbonyl (C=O) groups is 2. The first-order chi connectivity index (χ1) is 9.09. The molecule has 3 amide bonds. The molecule has 0 radical (unpaired) electrons. The highest BCUT2D eigenvalue weighted by molar-refractivity contribution is 6.06. The van der Waals surface area contributed by atoms with Crippen LogP contribution in [-0.2, 0) is 10.3 Å². The number of carbonyl (C=O) groups excluding carboxylic acids is 2. The number of nitrogens with zero attached hydrogens (tertiary/aromatic N) is 3. The third-order valence-corrected chi connectivity index (χ3v) is 3.12. The maximum atomic E-state index is 12.4. The molecule has 1 aromatic rings. The molecular formula is C13H14N4O2. The van der Waals surface area contributed by atoms with Crippen LogP contribution < -0.4 is 5.32 Å². The van der Waals surface area contributed by atoms with E-state index < -0.39 is 11.6 Å². The van der Waals surface area contributed by atoms with Crippen LogP contribution in [0.15, 0.2) is 24.4 Å². The second kappa shape index (κ2) is 5.06. The minimum Gasteiger partial charge on any atom is -0.318 e. The molecule has 1 atom stereocenters. The summed E-state index contributed by atoms with van der Waals surface area (Å²) in [6.07, 6.45) is 2.38. The van der Waals surface area contributed by atoms with Gasteiger partial charge in [-0.1, -0.05) is 6.07 Å². The number of unbranched alkanes of at least 4 members (excludes halogenated alkanes) is 1. The summed E-state index contributed by atoms with van der Waals surface area (Å²) in [5, 5.41) is 11.2. The van der Waals surface area contributed by atoms with Crippen molar-refractivity contribution < 1.29 is 9.59 Å². The largest absolute Gasteiger partial charge is 0.325 e. The van der Waals surface area contributed by atoms with Gasteiger partial charge >= 0.3 is 6.03 Å². The van der Waals surface area contributed by atoms with Crippen molar-refractivity contribution in [3.8, 4) is 6.07 Å². The summed E-state index contributed by atoms with van der Waals surface area (Å²) in [5.74, 6) is -0.325. The highest BCUT2D eigenvalue weighted by Crippen LogP contribution is 2.27. The fourth-order valence-corrected chi connectivity index (χ4v) is 2.05. The molecule has 1 aliphatic heterocycles. The fourth-order valence-electron chi connectivity index (χ4n) is 2.05. The van der Waals surface area contributed by atoms with Crippen LogP contribution in [0.3, 0.4) is 0 Å². The van der Waals surface area contributed by atoms with Crippen molar-refractivity contribution in [2.45, 2.75) is 25.3 Å². The van der Waals surface area contributed by atoms with Crippen LogP contribution >= 0.6 is 0 Å². The van der Waals surface area contributed by atoms with Crippen LogP contribution in [-0.4, -0.2) is 28.4 Å². The summed E-state index contributed by atoms with van der Waals surface area (Å²) in [6.45, 7) is 1.89. The Morgan fingerprint density at radius 2 is 2.26 bits per heavy atom. The van der Waals surface area contributed by atoms with Crippen molar-refractivity contribution in [3.63, 3.8) is 0 Å². The van der Waals surface area contributed by atoms with E-state index in [9.17, 15) is 9.59 Å². The lowest BCUT2D eigenvalue weighted by Gasteiger charge is -2.20. The molecule has 1 saturated heterocycles. The molecule has 2 rings (SSSR count). The van der Waals surface area contributed by atoms with E-state index in [2.05, 4.69) is 10.3 Å². The highest BCUT2D eigenvalue weighted by Gasteiger charge is 2.49. The Labute approximate surface area is 111 Å². The third kappa shape index (κ3) is 2.27. The van der Waals surface area contributed by atoms with E-state index in [1.807, 2.05) is 6.07 Å². The van der Waals surface area contributed by atoms with Gasteiger partial charge in [0.25, 0.3) is 5.91 Å². The van der Waals surface area contributed by atoms with Gasteiger partial charge in [0.2, 0.25) is 0 Å². The van der Waals surface area contributed by atoms with Crippen molar-refractivity contribution in [2.75, 3.05) is 6.54 Å². The number of amides is 3. The van der Waals surface area contributed by atoms with Gasteiger partial charge in [-0.05, 0) is 25.5 Å². The molecular weight excluding hydrogens is 244 g/mol. The van der Waals surface area contributed by atoms with Crippen molar-refractivity contribution >= 4 is 11.9 Å². The van der Waals surface area contributed by atoms with Crippen LogP contribution in [0, 0.1) is 11.3 Å². The van der Waals surface area contributed by atoms with Crippen molar-refractivity contribution in [3.05, 3.63) is 30.1 Å². The zero-order valence-corrected chi connectivity index (χ0v) is 10.6. The topological polar surface area (TPSA) is 86.1 Å². The summed E-state index contributed by atoms with van der Waals surface area (Å²) < 4.78 is 0. The third-order valence-electron chi connectivity index (χ3n) is 3.12. The average molecular weight is 258 g/mol. The van der Waals surface area contributed by atoms with Gasteiger partial charge in [-0.15, -0.1) is 0 Å². The molecule has 1 unspecified atom stereocenters. The van der Waals surface area contributed by atoms with Crippen molar-refractivity contribution in [1.29, 1.82) is 5.26 Å². The predicted octanol–water partition coefficient (Wildman–Crippen LogP) is 1.15. The first kappa shape index (κ1) is 13.0. The van der Waals surface area contributed by atoms with E-state index in [-0.39, 0.29) is 12.5 Å². The van der Waals surface area contributed by atoms with Gasteiger partial charge in [-0.2, -0.15) is 5.26 Å². The van der Waals surface area contributed by atoms with Gasteiger partial charge in [-0.25, -0.2) is 4.79 Å².